The van der Waals surface area contributed by atoms with Crippen LogP contribution in [0.5, 0.6) is 0 Å². The van der Waals surface area contributed by atoms with Crippen LogP contribution in [0.4, 0.5) is 10.1 Å². The van der Waals surface area contributed by atoms with Gasteiger partial charge >= 0.3 is 0 Å². The molecule has 0 aromatic heterocycles. The van der Waals surface area contributed by atoms with Crippen molar-refractivity contribution in [3.05, 3.63) is 130 Å². The molecule has 0 bridgehead atoms. The summed E-state index contributed by atoms with van der Waals surface area (Å²) in [5.74, 6) is -1.36. The molecule has 0 aliphatic carbocycles. The van der Waals surface area contributed by atoms with Gasteiger partial charge in [0.15, 0.2) is 0 Å². The van der Waals surface area contributed by atoms with Gasteiger partial charge in [-0.1, -0.05) is 67.6 Å². The number of halogens is 2. The molecule has 1 N–H and O–H groups in total. The summed E-state index contributed by atoms with van der Waals surface area (Å²) in [6, 6.07) is 28.7. The molecule has 0 heterocycles. The molecule has 0 fully saturated rings. The number of nitrogens with zero attached hydrogens (tertiary/aromatic N) is 2. The van der Waals surface area contributed by atoms with Crippen molar-refractivity contribution in [3.8, 4) is 0 Å². The average molecular weight is 728 g/mol. The lowest BCUT2D eigenvalue weighted by Crippen LogP contribution is -2.54. The Hall–Kier alpha value is -3.77. The van der Waals surface area contributed by atoms with Crippen molar-refractivity contribution in [1.29, 1.82) is 0 Å². The van der Waals surface area contributed by atoms with Gasteiger partial charge in [-0.2, -0.15) is 0 Å². The fourth-order valence-electron chi connectivity index (χ4n) is 4.64. The molecule has 230 valence electrons. The molecule has 7 nitrogen and oxygen atoms in total. The van der Waals surface area contributed by atoms with Gasteiger partial charge in [0.05, 0.1) is 10.6 Å². The Kier molecular flexibility index (Phi) is 11.5. The fourth-order valence-corrected chi connectivity index (χ4v) is 6.43. The third-order valence-corrected chi connectivity index (χ3v) is 9.77. The quantitative estimate of drug-likeness (QED) is 0.167. The highest BCUT2D eigenvalue weighted by atomic mass is 127. The lowest BCUT2D eigenvalue weighted by atomic mass is 10.0. The minimum atomic E-state index is -4.17. The van der Waals surface area contributed by atoms with E-state index >= 15 is 0 Å². The van der Waals surface area contributed by atoms with E-state index in [2.05, 4.69) is 27.9 Å². The number of carbonyl (C=O) groups is 2. The molecular weight excluding hydrogens is 692 g/mol. The average Bonchev–Trinajstić information content (AvgIpc) is 3.03. The Balaban J connectivity index is 1.79. The molecule has 0 saturated heterocycles. The Morgan fingerprint density at radius 2 is 1.43 bits per heavy atom. The van der Waals surface area contributed by atoms with E-state index in [1.54, 1.807) is 54.6 Å². The van der Waals surface area contributed by atoms with Crippen LogP contribution in [0.15, 0.2) is 114 Å². The van der Waals surface area contributed by atoms with Gasteiger partial charge in [0.1, 0.15) is 18.4 Å². The Morgan fingerprint density at radius 1 is 0.841 bits per heavy atom. The standard InChI is InChI=1S/C34H35FIN3O4S/c1-3-25(2)37-34(41)32(22-26-10-6-4-7-11-26)38(23-27-14-16-28(35)17-15-27)33(40)24-39(30-20-18-29(36)19-21-30)44(42,43)31-12-8-5-9-13-31/h4-21,25,32H,3,22-24H2,1-2H3,(H,37,41)/t25-,32+/m0/s1. The molecule has 2 amide bonds. The second-order valence-electron chi connectivity index (χ2n) is 10.5. The van der Waals surface area contributed by atoms with Crippen LogP contribution in [0.2, 0.25) is 0 Å². The Morgan fingerprint density at radius 3 is 2.02 bits per heavy atom. The van der Waals surface area contributed by atoms with Crippen LogP contribution in [-0.2, 0) is 32.6 Å². The van der Waals surface area contributed by atoms with Crippen LogP contribution in [0.1, 0.15) is 31.4 Å². The molecule has 0 spiro atoms. The predicted octanol–water partition coefficient (Wildman–Crippen LogP) is 6.18. The fraction of sp³-hybridized carbons (Fsp3) is 0.235. The van der Waals surface area contributed by atoms with Crippen LogP contribution < -0.4 is 9.62 Å². The van der Waals surface area contributed by atoms with Gasteiger partial charge in [0.2, 0.25) is 11.8 Å². The molecule has 4 rings (SSSR count). The number of amides is 2. The molecule has 0 radical (unpaired) electrons. The largest absolute Gasteiger partial charge is 0.352 e. The maximum Gasteiger partial charge on any atom is 0.264 e. The summed E-state index contributed by atoms with van der Waals surface area (Å²) in [5, 5.41) is 3.00. The summed E-state index contributed by atoms with van der Waals surface area (Å²) in [4.78, 5) is 29.7. The summed E-state index contributed by atoms with van der Waals surface area (Å²) < 4.78 is 43.7. The minimum absolute atomic E-state index is 0.0313. The van der Waals surface area contributed by atoms with Crippen molar-refractivity contribution < 1.29 is 22.4 Å². The van der Waals surface area contributed by atoms with E-state index in [1.165, 1.54) is 29.2 Å². The van der Waals surface area contributed by atoms with Gasteiger partial charge in [-0.15, -0.1) is 0 Å². The molecule has 4 aromatic rings. The number of hydrogen-bond acceptors (Lipinski definition) is 4. The number of carbonyl (C=O) groups excluding carboxylic acids is 2. The summed E-state index contributed by atoms with van der Waals surface area (Å²) in [6.45, 7) is 3.25. The zero-order chi connectivity index (χ0) is 31.7. The van der Waals surface area contributed by atoms with Crippen LogP contribution in [0, 0.1) is 9.39 Å². The van der Waals surface area contributed by atoms with Gasteiger partial charge in [0, 0.05) is 22.6 Å². The van der Waals surface area contributed by atoms with Gasteiger partial charge in [0.25, 0.3) is 10.0 Å². The molecular formula is C34H35FIN3O4S. The van der Waals surface area contributed by atoms with E-state index in [0.717, 1.165) is 13.4 Å². The van der Waals surface area contributed by atoms with Crippen molar-refractivity contribution in [2.24, 2.45) is 0 Å². The van der Waals surface area contributed by atoms with Crippen LogP contribution in [0.3, 0.4) is 0 Å². The molecule has 4 aromatic carbocycles. The highest BCUT2D eigenvalue weighted by Crippen LogP contribution is 2.26. The zero-order valence-electron chi connectivity index (χ0n) is 24.6. The first-order valence-electron chi connectivity index (χ1n) is 14.3. The van der Waals surface area contributed by atoms with Crippen LogP contribution in [0.25, 0.3) is 0 Å². The van der Waals surface area contributed by atoms with E-state index in [9.17, 15) is 22.4 Å². The molecule has 0 aliphatic heterocycles. The summed E-state index contributed by atoms with van der Waals surface area (Å²) >= 11 is 2.13. The number of benzene rings is 4. The second kappa shape index (κ2) is 15.3. The lowest BCUT2D eigenvalue weighted by molar-refractivity contribution is -0.140. The Labute approximate surface area is 272 Å². The van der Waals surface area contributed by atoms with Crippen molar-refractivity contribution in [2.75, 3.05) is 10.8 Å². The number of rotatable bonds is 13. The topological polar surface area (TPSA) is 86.8 Å². The molecule has 0 aliphatic rings. The number of nitrogens with one attached hydrogen (secondary N) is 1. The minimum Gasteiger partial charge on any atom is -0.352 e. The second-order valence-corrected chi connectivity index (χ2v) is 13.6. The number of sulfonamides is 1. The van der Waals surface area contributed by atoms with Crippen molar-refractivity contribution >= 4 is 50.1 Å². The molecule has 10 heteroatoms. The summed E-state index contributed by atoms with van der Waals surface area (Å²) in [7, 11) is -4.17. The van der Waals surface area contributed by atoms with Gasteiger partial charge in [-0.05, 0) is 95.6 Å². The highest BCUT2D eigenvalue weighted by Gasteiger charge is 2.35. The molecule has 44 heavy (non-hydrogen) atoms. The van der Waals surface area contributed by atoms with E-state index in [0.29, 0.717) is 17.7 Å². The smallest absolute Gasteiger partial charge is 0.264 e. The monoisotopic (exact) mass is 727 g/mol. The first-order valence-corrected chi connectivity index (χ1v) is 16.8. The third kappa shape index (κ3) is 8.66. The predicted molar refractivity (Wildman–Crippen MR) is 179 cm³/mol. The van der Waals surface area contributed by atoms with E-state index in [-0.39, 0.29) is 29.8 Å². The van der Waals surface area contributed by atoms with Crippen LogP contribution >= 0.6 is 22.6 Å². The van der Waals surface area contributed by atoms with E-state index in [4.69, 9.17) is 0 Å². The molecule has 2 atom stereocenters. The van der Waals surface area contributed by atoms with Gasteiger partial charge < -0.3 is 10.2 Å². The van der Waals surface area contributed by atoms with E-state index < -0.39 is 34.3 Å². The first-order chi connectivity index (χ1) is 21.1. The van der Waals surface area contributed by atoms with Crippen molar-refractivity contribution in [1.82, 2.24) is 10.2 Å². The summed E-state index contributed by atoms with van der Waals surface area (Å²) in [5.41, 5.74) is 1.74. The Bertz CT molecular complexity index is 1640. The van der Waals surface area contributed by atoms with Crippen LogP contribution in [-0.4, -0.2) is 43.8 Å². The maximum atomic E-state index is 14.4. The lowest BCUT2D eigenvalue weighted by Gasteiger charge is -2.34. The SMILES string of the molecule is CC[C@H](C)NC(=O)[C@@H](Cc1ccccc1)N(Cc1ccc(F)cc1)C(=O)CN(c1ccc(I)cc1)S(=O)(=O)c1ccccc1. The van der Waals surface area contributed by atoms with E-state index in [1.807, 2.05) is 44.2 Å². The number of anilines is 1. The summed E-state index contributed by atoms with van der Waals surface area (Å²) in [6.07, 6.45) is 0.886. The van der Waals surface area contributed by atoms with Gasteiger partial charge in [-0.25, -0.2) is 12.8 Å². The first kappa shape index (κ1) is 33.1. The molecule has 0 saturated carbocycles. The van der Waals surface area contributed by atoms with Crippen molar-refractivity contribution in [3.63, 3.8) is 0 Å². The van der Waals surface area contributed by atoms with Gasteiger partial charge in [-0.3, -0.25) is 13.9 Å². The third-order valence-electron chi connectivity index (χ3n) is 7.26. The zero-order valence-corrected chi connectivity index (χ0v) is 27.5. The molecule has 0 unspecified atom stereocenters. The number of hydrogen-bond donors (Lipinski definition) is 1. The highest BCUT2D eigenvalue weighted by molar-refractivity contribution is 14.1. The van der Waals surface area contributed by atoms with Crippen molar-refractivity contribution in [2.45, 2.75) is 50.2 Å². The maximum absolute atomic E-state index is 14.4. The normalized spacial score (nSPS) is 12.6.